The molecule has 0 bridgehead atoms. The first-order valence-corrected chi connectivity index (χ1v) is 10.1. The molecule has 2 aliphatic rings. The molecular formula is C21H19F3N2O2S. The molecule has 0 saturated heterocycles. The van der Waals surface area contributed by atoms with Crippen LogP contribution in [0.1, 0.15) is 37.8 Å². The Labute approximate surface area is 170 Å². The molecule has 2 atom stereocenters. The van der Waals surface area contributed by atoms with E-state index in [4.69, 9.17) is 4.74 Å². The topological polar surface area (TPSA) is 41.9 Å². The number of benzene rings is 2. The van der Waals surface area contributed by atoms with Crippen molar-refractivity contribution in [1.82, 2.24) is 5.01 Å². The average molecular weight is 420 g/mol. The Bertz CT molecular complexity index is 1010. The molecular weight excluding hydrogens is 401 g/mol. The van der Waals surface area contributed by atoms with Crippen molar-refractivity contribution >= 4 is 22.7 Å². The van der Waals surface area contributed by atoms with Crippen LogP contribution in [0.25, 0.3) is 0 Å². The summed E-state index contributed by atoms with van der Waals surface area (Å²) in [4.78, 5) is 11.5. The van der Waals surface area contributed by atoms with E-state index in [0.29, 0.717) is 24.3 Å². The summed E-state index contributed by atoms with van der Waals surface area (Å²) in [5, 5.41) is 5.96. The quantitative estimate of drug-likeness (QED) is 0.700. The van der Waals surface area contributed by atoms with Gasteiger partial charge in [-0.2, -0.15) is 5.10 Å². The van der Waals surface area contributed by atoms with Crippen LogP contribution in [0.2, 0.25) is 0 Å². The zero-order chi connectivity index (χ0) is 20.8. The summed E-state index contributed by atoms with van der Waals surface area (Å²) >= 11 is 1.19. The summed E-state index contributed by atoms with van der Waals surface area (Å²) in [5.74, 6) is -2.01. The van der Waals surface area contributed by atoms with Crippen LogP contribution in [0.5, 0.6) is 5.75 Å². The predicted octanol–water partition coefficient (Wildman–Crippen LogP) is 5.02. The summed E-state index contributed by atoms with van der Waals surface area (Å²) in [5.41, 5.74) is 0.586. The number of thioether (sulfide) groups is 1. The Morgan fingerprint density at radius 3 is 2.66 bits per heavy atom. The SMILES string of the molecule is CCC[C@H]1COc2ccc(F)cc2[C@@]12SC(c1ccc(F)cc1F)=NN2C(C)=O. The third-order valence-corrected chi connectivity index (χ3v) is 6.71. The second kappa shape index (κ2) is 7.40. The Hall–Kier alpha value is -2.48. The van der Waals surface area contributed by atoms with E-state index in [1.54, 1.807) is 0 Å². The highest BCUT2D eigenvalue weighted by molar-refractivity contribution is 8.15. The van der Waals surface area contributed by atoms with Crippen molar-refractivity contribution in [2.24, 2.45) is 11.0 Å². The average Bonchev–Trinajstić information content (AvgIpc) is 3.06. The molecule has 0 aliphatic carbocycles. The molecule has 29 heavy (non-hydrogen) atoms. The summed E-state index contributed by atoms with van der Waals surface area (Å²) in [6.45, 7) is 3.69. The number of halogens is 3. The number of carbonyl (C=O) groups is 1. The summed E-state index contributed by atoms with van der Waals surface area (Å²) in [7, 11) is 0. The van der Waals surface area contributed by atoms with Crippen LogP contribution < -0.4 is 4.74 Å². The van der Waals surface area contributed by atoms with Gasteiger partial charge in [0.2, 0.25) is 5.91 Å². The second-order valence-corrected chi connectivity index (χ2v) is 8.31. The zero-order valence-corrected chi connectivity index (χ0v) is 16.7. The molecule has 152 valence electrons. The van der Waals surface area contributed by atoms with Gasteiger partial charge in [-0.3, -0.25) is 4.79 Å². The largest absolute Gasteiger partial charge is 0.493 e. The highest BCUT2D eigenvalue weighted by Gasteiger charge is 2.56. The molecule has 1 spiro atoms. The molecule has 0 N–H and O–H groups in total. The van der Waals surface area contributed by atoms with Gasteiger partial charge in [-0.15, -0.1) is 0 Å². The molecule has 1 amide bonds. The number of ether oxygens (including phenoxy) is 1. The van der Waals surface area contributed by atoms with E-state index in [-0.39, 0.29) is 22.4 Å². The van der Waals surface area contributed by atoms with E-state index in [0.717, 1.165) is 18.6 Å². The van der Waals surface area contributed by atoms with Crippen LogP contribution in [0, 0.1) is 23.4 Å². The molecule has 8 heteroatoms. The van der Waals surface area contributed by atoms with Crippen molar-refractivity contribution in [3.63, 3.8) is 0 Å². The van der Waals surface area contributed by atoms with Gasteiger partial charge < -0.3 is 4.74 Å². The van der Waals surface area contributed by atoms with Gasteiger partial charge >= 0.3 is 0 Å². The van der Waals surface area contributed by atoms with E-state index in [1.807, 2.05) is 6.92 Å². The zero-order valence-electron chi connectivity index (χ0n) is 15.9. The highest BCUT2D eigenvalue weighted by atomic mass is 32.2. The van der Waals surface area contributed by atoms with Crippen molar-refractivity contribution < 1.29 is 22.7 Å². The Morgan fingerprint density at radius 2 is 1.97 bits per heavy atom. The van der Waals surface area contributed by atoms with Gasteiger partial charge in [-0.25, -0.2) is 18.2 Å². The minimum absolute atomic E-state index is 0.0965. The van der Waals surface area contributed by atoms with Crippen LogP contribution >= 0.6 is 11.8 Å². The van der Waals surface area contributed by atoms with Gasteiger partial charge in [-0.1, -0.05) is 25.1 Å². The van der Waals surface area contributed by atoms with Crippen molar-refractivity contribution in [2.75, 3.05) is 6.61 Å². The lowest BCUT2D eigenvalue weighted by Gasteiger charge is -2.45. The Kier molecular flexibility index (Phi) is 5.06. The van der Waals surface area contributed by atoms with Crippen molar-refractivity contribution in [1.29, 1.82) is 0 Å². The first-order chi connectivity index (χ1) is 13.9. The molecule has 0 aromatic heterocycles. The number of carbonyl (C=O) groups excluding carboxylic acids is 1. The third-order valence-electron chi connectivity index (χ3n) is 5.18. The van der Waals surface area contributed by atoms with Crippen LogP contribution in [-0.2, 0) is 9.67 Å². The maximum absolute atomic E-state index is 14.5. The molecule has 4 nitrogen and oxygen atoms in total. The molecule has 2 aliphatic heterocycles. The maximum Gasteiger partial charge on any atom is 0.241 e. The number of hydrogen-bond donors (Lipinski definition) is 0. The Morgan fingerprint density at radius 1 is 1.24 bits per heavy atom. The highest BCUT2D eigenvalue weighted by Crippen LogP contribution is 2.57. The van der Waals surface area contributed by atoms with E-state index < -0.39 is 22.3 Å². The number of nitrogens with zero attached hydrogens (tertiary/aromatic N) is 2. The van der Waals surface area contributed by atoms with Crippen LogP contribution in [0.15, 0.2) is 41.5 Å². The lowest BCUT2D eigenvalue weighted by Crippen LogP contribution is -2.50. The fourth-order valence-electron chi connectivity index (χ4n) is 3.94. The monoisotopic (exact) mass is 420 g/mol. The Balaban J connectivity index is 1.90. The molecule has 0 radical (unpaired) electrons. The van der Waals surface area contributed by atoms with Gasteiger partial charge in [0.05, 0.1) is 6.61 Å². The van der Waals surface area contributed by atoms with Crippen LogP contribution in [0.3, 0.4) is 0 Å². The van der Waals surface area contributed by atoms with Crippen molar-refractivity contribution in [3.05, 3.63) is 65.0 Å². The van der Waals surface area contributed by atoms with Crippen LogP contribution in [-0.4, -0.2) is 22.6 Å². The van der Waals surface area contributed by atoms with Gasteiger partial charge in [-0.05, 0) is 36.8 Å². The van der Waals surface area contributed by atoms with E-state index in [9.17, 15) is 18.0 Å². The molecule has 0 saturated carbocycles. The fraction of sp³-hybridized carbons (Fsp3) is 0.333. The molecule has 0 unspecified atom stereocenters. The van der Waals surface area contributed by atoms with Gasteiger partial charge in [0.15, 0.2) is 4.87 Å². The van der Waals surface area contributed by atoms with Gasteiger partial charge in [0.1, 0.15) is 28.2 Å². The molecule has 2 heterocycles. The summed E-state index contributed by atoms with van der Waals surface area (Å²) in [6.07, 6.45) is 1.51. The van der Waals surface area contributed by atoms with Crippen molar-refractivity contribution in [3.8, 4) is 5.75 Å². The van der Waals surface area contributed by atoms with E-state index in [1.165, 1.54) is 48.0 Å². The first kappa shape index (κ1) is 19.8. The predicted molar refractivity (Wildman–Crippen MR) is 105 cm³/mol. The fourth-order valence-corrected chi connectivity index (χ4v) is 5.51. The lowest BCUT2D eigenvalue weighted by atomic mass is 9.86. The number of fused-ring (bicyclic) bond motifs is 2. The second-order valence-electron chi connectivity index (χ2n) is 7.10. The third kappa shape index (κ3) is 3.19. The molecule has 2 aromatic carbocycles. The maximum atomic E-state index is 14.5. The van der Waals surface area contributed by atoms with Crippen LogP contribution in [0.4, 0.5) is 13.2 Å². The standard InChI is InChI=1S/C21H19F3N2O2S/c1-3-4-13-11-28-19-8-6-14(22)9-17(19)21(13)26(12(2)27)25-20(29-21)16-7-5-15(23)10-18(16)24/h5-10,13H,3-4,11H2,1-2H3/t13-,21-/m0/s1. The molecule has 2 aromatic rings. The van der Waals surface area contributed by atoms with Gasteiger partial charge in [0.25, 0.3) is 0 Å². The molecule has 4 rings (SSSR count). The summed E-state index contributed by atoms with van der Waals surface area (Å²) in [6, 6.07) is 7.40. The number of amides is 1. The number of rotatable bonds is 3. The minimum atomic E-state index is -1.06. The van der Waals surface area contributed by atoms with E-state index >= 15 is 0 Å². The normalized spacial score (nSPS) is 23.0. The number of hydrazone groups is 1. The van der Waals surface area contributed by atoms with Gasteiger partial charge in [0, 0.05) is 30.0 Å². The van der Waals surface area contributed by atoms with E-state index in [2.05, 4.69) is 5.10 Å². The summed E-state index contributed by atoms with van der Waals surface area (Å²) < 4.78 is 47.9. The first-order valence-electron chi connectivity index (χ1n) is 9.33. The van der Waals surface area contributed by atoms with Crippen molar-refractivity contribution in [2.45, 2.75) is 31.6 Å². The lowest BCUT2D eigenvalue weighted by molar-refractivity contribution is -0.134. The minimum Gasteiger partial charge on any atom is -0.493 e. The molecule has 0 fully saturated rings. The number of hydrogen-bond acceptors (Lipinski definition) is 4. The smallest absolute Gasteiger partial charge is 0.241 e.